The van der Waals surface area contributed by atoms with Crippen LogP contribution in [-0.4, -0.2) is 64.3 Å². The maximum Gasteiger partial charge on any atom is 0.246 e. The Morgan fingerprint density at radius 2 is 1.00 bits per heavy atom. The summed E-state index contributed by atoms with van der Waals surface area (Å²) in [7, 11) is 0. The van der Waals surface area contributed by atoms with Gasteiger partial charge in [0.2, 0.25) is 5.91 Å². The van der Waals surface area contributed by atoms with Crippen LogP contribution in [0.25, 0.3) is 0 Å². The van der Waals surface area contributed by atoms with E-state index in [4.69, 9.17) is 18.9 Å². The smallest absolute Gasteiger partial charge is 0.246 e. The van der Waals surface area contributed by atoms with Gasteiger partial charge in [0, 0.05) is 12.1 Å². The molecule has 0 aromatic heterocycles. The van der Waals surface area contributed by atoms with Crippen LogP contribution in [0.4, 0.5) is 0 Å². The van der Waals surface area contributed by atoms with Gasteiger partial charge in [-0.05, 0) is 25.7 Å². The lowest BCUT2D eigenvalue weighted by Crippen LogP contribution is -2.49. The molecule has 6 heteroatoms. The molecule has 0 aliphatic rings. The van der Waals surface area contributed by atoms with Gasteiger partial charge >= 0.3 is 0 Å². The predicted octanol–water partition coefficient (Wildman–Crippen LogP) is 4.89. The Balaban J connectivity index is 4.01. The molecular weight excluding hydrogens is 382 g/mol. The van der Waals surface area contributed by atoms with Crippen molar-refractivity contribution in [2.24, 2.45) is 0 Å². The maximum atomic E-state index is 12.5. The molecule has 0 spiro atoms. The van der Waals surface area contributed by atoms with Gasteiger partial charge in [-0.15, -0.1) is 0 Å². The molecule has 180 valence electrons. The third-order valence-corrected chi connectivity index (χ3v) is 5.13. The molecule has 0 bridgehead atoms. The number of ether oxygens (including phenoxy) is 4. The predicted molar refractivity (Wildman–Crippen MR) is 123 cm³/mol. The Labute approximate surface area is 185 Å². The van der Waals surface area contributed by atoms with Crippen molar-refractivity contribution in [1.82, 2.24) is 5.32 Å². The highest BCUT2D eigenvalue weighted by molar-refractivity contribution is 5.78. The minimum absolute atomic E-state index is 0.00581. The number of hydrogen-bond acceptors (Lipinski definition) is 5. The zero-order chi connectivity index (χ0) is 22.3. The second-order valence-corrected chi connectivity index (χ2v) is 8.03. The molecule has 0 rings (SSSR count). The Morgan fingerprint density at radius 1 is 0.600 bits per heavy atom. The molecule has 0 aromatic rings. The van der Waals surface area contributed by atoms with Crippen molar-refractivity contribution in [1.29, 1.82) is 0 Å². The Kier molecular flexibility index (Phi) is 21.0. The summed E-state index contributed by atoms with van der Waals surface area (Å²) in [6.07, 6.45) is 11.1. The summed E-state index contributed by atoms with van der Waals surface area (Å²) in [6, 6.07) is 0. The van der Waals surface area contributed by atoms with Crippen LogP contribution in [0, 0.1) is 0 Å². The van der Waals surface area contributed by atoms with Crippen LogP contribution in [0.5, 0.6) is 0 Å². The van der Waals surface area contributed by atoms with E-state index in [1.54, 1.807) is 0 Å². The van der Waals surface area contributed by atoms with E-state index in [2.05, 4.69) is 33.0 Å². The summed E-state index contributed by atoms with van der Waals surface area (Å²) < 4.78 is 21.8. The third kappa shape index (κ3) is 17.0. The van der Waals surface area contributed by atoms with Gasteiger partial charge in [-0.2, -0.15) is 0 Å². The number of carbonyl (C=O) groups excluding carboxylic acids is 1. The Morgan fingerprint density at radius 3 is 1.40 bits per heavy atom. The third-order valence-electron chi connectivity index (χ3n) is 5.13. The number of nitrogens with one attached hydrogen (secondary N) is 1. The average Bonchev–Trinajstić information content (AvgIpc) is 2.75. The van der Waals surface area contributed by atoms with Crippen LogP contribution >= 0.6 is 0 Å². The van der Waals surface area contributed by atoms with E-state index < -0.39 is 0 Å². The highest BCUT2D eigenvalue weighted by Crippen LogP contribution is 2.27. The molecule has 0 radical (unpaired) electrons. The molecule has 0 unspecified atom stereocenters. The zero-order valence-corrected chi connectivity index (χ0v) is 20.3. The van der Waals surface area contributed by atoms with Crippen LogP contribution in [0.15, 0.2) is 0 Å². The largest absolute Gasteiger partial charge is 0.379 e. The van der Waals surface area contributed by atoms with Gasteiger partial charge in [0.25, 0.3) is 0 Å². The molecule has 0 aliphatic heterocycles. The van der Waals surface area contributed by atoms with Crippen LogP contribution in [-0.2, 0) is 23.7 Å². The first-order chi connectivity index (χ1) is 14.6. The van der Waals surface area contributed by atoms with Gasteiger partial charge < -0.3 is 24.3 Å². The van der Waals surface area contributed by atoms with Crippen molar-refractivity contribution in [3.05, 3.63) is 0 Å². The molecule has 1 N–H and O–H groups in total. The second kappa shape index (κ2) is 21.5. The van der Waals surface area contributed by atoms with Gasteiger partial charge in [0.1, 0.15) is 6.61 Å². The van der Waals surface area contributed by atoms with Crippen molar-refractivity contribution in [3.8, 4) is 0 Å². The normalized spacial score (nSPS) is 11.7. The van der Waals surface area contributed by atoms with Gasteiger partial charge in [0.15, 0.2) is 0 Å². The molecule has 6 nitrogen and oxygen atoms in total. The fourth-order valence-corrected chi connectivity index (χ4v) is 3.41. The standard InChI is InChI=1S/C24H49NO5/c1-5-9-12-24(13-10-6-2,14-11-7-3)25-23(26)22-30-21-20-29-19-18-28-17-16-27-15-8-4/h5-22H2,1-4H3,(H,25,26). The van der Waals surface area contributed by atoms with E-state index in [1.165, 1.54) is 0 Å². The van der Waals surface area contributed by atoms with Crippen molar-refractivity contribution in [3.63, 3.8) is 0 Å². The van der Waals surface area contributed by atoms with Gasteiger partial charge in [-0.1, -0.05) is 66.2 Å². The van der Waals surface area contributed by atoms with Crippen LogP contribution < -0.4 is 5.32 Å². The van der Waals surface area contributed by atoms with Gasteiger partial charge in [0.05, 0.1) is 39.6 Å². The maximum absolute atomic E-state index is 12.5. The number of unbranched alkanes of at least 4 members (excludes halogenated alkanes) is 3. The zero-order valence-electron chi connectivity index (χ0n) is 20.3. The summed E-state index contributed by atoms with van der Waals surface area (Å²) in [5.41, 5.74) is -0.0723. The molecule has 0 heterocycles. The number of hydrogen-bond donors (Lipinski definition) is 1. The summed E-state index contributed by atoms with van der Waals surface area (Å²) in [5, 5.41) is 3.34. The Hall–Kier alpha value is -0.690. The molecule has 0 saturated carbocycles. The number of carbonyl (C=O) groups is 1. The summed E-state index contributed by atoms with van der Waals surface area (Å²) >= 11 is 0. The van der Waals surface area contributed by atoms with Crippen LogP contribution in [0.1, 0.15) is 91.9 Å². The lowest BCUT2D eigenvalue weighted by molar-refractivity contribution is -0.128. The quantitative estimate of drug-likeness (QED) is 0.233. The molecule has 0 fully saturated rings. The van der Waals surface area contributed by atoms with Crippen LogP contribution in [0.3, 0.4) is 0 Å². The van der Waals surface area contributed by atoms with E-state index >= 15 is 0 Å². The van der Waals surface area contributed by atoms with Crippen LogP contribution in [0.2, 0.25) is 0 Å². The molecule has 0 saturated heterocycles. The van der Waals surface area contributed by atoms with E-state index in [1.807, 2.05) is 0 Å². The highest BCUT2D eigenvalue weighted by Gasteiger charge is 2.30. The van der Waals surface area contributed by atoms with Crippen molar-refractivity contribution in [2.75, 3.05) is 52.9 Å². The first-order valence-corrected chi connectivity index (χ1v) is 12.3. The summed E-state index contributed by atoms with van der Waals surface area (Å²) in [5.74, 6) is -0.00581. The molecular formula is C24H49NO5. The van der Waals surface area contributed by atoms with Gasteiger partial charge in [-0.3, -0.25) is 4.79 Å². The van der Waals surface area contributed by atoms with Crippen molar-refractivity contribution < 1.29 is 23.7 Å². The average molecular weight is 432 g/mol. The van der Waals surface area contributed by atoms with E-state index in [0.29, 0.717) is 39.6 Å². The van der Waals surface area contributed by atoms with Gasteiger partial charge in [-0.25, -0.2) is 0 Å². The number of rotatable bonds is 23. The van der Waals surface area contributed by atoms with E-state index in [9.17, 15) is 4.79 Å². The number of amides is 1. The fourth-order valence-electron chi connectivity index (χ4n) is 3.41. The van der Waals surface area contributed by atoms with E-state index in [-0.39, 0.29) is 18.1 Å². The highest BCUT2D eigenvalue weighted by atomic mass is 16.6. The minimum atomic E-state index is -0.0723. The molecule has 0 atom stereocenters. The summed E-state index contributed by atoms with van der Waals surface area (Å²) in [6.45, 7) is 12.8. The fraction of sp³-hybridized carbons (Fsp3) is 0.958. The van der Waals surface area contributed by atoms with Crippen molar-refractivity contribution >= 4 is 5.91 Å². The SMILES string of the molecule is CCCCC(CCCC)(CCCC)NC(=O)COCCOCCOCCOCCC. The lowest BCUT2D eigenvalue weighted by Gasteiger charge is -2.35. The molecule has 30 heavy (non-hydrogen) atoms. The lowest BCUT2D eigenvalue weighted by atomic mass is 9.82. The molecule has 0 aromatic carbocycles. The topological polar surface area (TPSA) is 66.0 Å². The first-order valence-electron chi connectivity index (χ1n) is 12.3. The minimum Gasteiger partial charge on any atom is -0.379 e. The first kappa shape index (κ1) is 29.3. The molecule has 1 amide bonds. The Bertz CT molecular complexity index is 357. The molecule has 0 aliphatic carbocycles. The van der Waals surface area contributed by atoms with Crippen molar-refractivity contribution in [2.45, 2.75) is 97.4 Å². The monoisotopic (exact) mass is 431 g/mol. The second-order valence-electron chi connectivity index (χ2n) is 8.03. The van der Waals surface area contributed by atoms with E-state index in [0.717, 1.165) is 70.8 Å². The summed E-state index contributed by atoms with van der Waals surface area (Å²) in [4.78, 5) is 12.5.